The van der Waals surface area contributed by atoms with Crippen molar-refractivity contribution in [3.63, 3.8) is 0 Å². The zero-order chi connectivity index (χ0) is 10.1. The summed E-state index contributed by atoms with van der Waals surface area (Å²) in [4.78, 5) is 0. The van der Waals surface area contributed by atoms with Gasteiger partial charge in [-0.15, -0.1) is 11.3 Å². The average Bonchev–Trinajstić information content (AvgIpc) is 2.58. The van der Waals surface area contributed by atoms with Gasteiger partial charge in [-0.25, -0.2) is 0 Å². The Kier molecular flexibility index (Phi) is 2.42. The molecule has 0 radical (unpaired) electrons. The van der Waals surface area contributed by atoms with E-state index in [1.165, 1.54) is 11.3 Å². The highest BCUT2D eigenvalue weighted by atomic mass is 35.5. The van der Waals surface area contributed by atoms with Crippen LogP contribution in [0.3, 0.4) is 0 Å². The largest absolute Gasteiger partial charge is 0.392 e. The zero-order valence-electron chi connectivity index (χ0n) is 7.12. The highest BCUT2D eigenvalue weighted by molar-refractivity contribution is 7.17. The van der Waals surface area contributed by atoms with Gasteiger partial charge in [-0.3, -0.25) is 0 Å². The Bertz CT molecular complexity index is 527. The molecule has 0 atom stereocenters. The lowest BCUT2D eigenvalue weighted by atomic mass is 10.1. The second-order valence-electron chi connectivity index (χ2n) is 2.86. The third-order valence-corrected chi connectivity index (χ3v) is 3.34. The molecule has 4 heteroatoms. The maximum absolute atomic E-state index is 9.04. The van der Waals surface area contributed by atoms with E-state index in [9.17, 15) is 0 Å². The second kappa shape index (κ2) is 3.58. The third kappa shape index (κ3) is 1.38. The summed E-state index contributed by atoms with van der Waals surface area (Å²) < 4.78 is 0.981. The zero-order valence-corrected chi connectivity index (χ0v) is 8.69. The van der Waals surface area contributed by atoms with Crippen LogP contribution in [0.1, 0.15) is 11.1 Å². The summed E-state index contributed by atoms with van der Waals surface area (Å²) in [6.45, 7) is 0.00221. The average molecular weight is 224 g/mol. The lowest BCUT2D eigenvalue weighted by Crippen LogP contribution is -1.81. The van der Waals surface area contributed by atoms with Crippen molar-refractivity contribution >= 4 is 33.0 Å². The van der Waals surface area contributed by atoms with Crippen LogP contribution in [0.5, 0.6) is 0 Å². The van der Waals surface area contributed by atoms with Crippen molar-refractivity contribution in [2.45, 2.75) is 6.61 Å². The number of aliphatic hydroxyl groups excluding tert-OH is 1. The minimum Gasteiger partial charge on any atom is -0.392 e. The molecule has 0 aliphatic heterocycles. The summed E-state index contributed by atoms with van der Waals surface area (Å²) in [6.07, 6.45) is 0. The molecule has 1 heterocycles. The molecule has 1 aromatic heterocycles. The Morgan fingerprint density at radius 3 is 2.93 bits per heavy atom. The Hall–Kier alpha value is -1.08. The number of benzene rings is 1. The highest BCUT2D eigenvalue weighted by Crippen LogP contribution is 2.30. The van der Waals surface area contributed by atoms with Gasteiger partial charge in [0.05, 0.1) is 17.2 Å². The minimum absolute atomic E-state index is 0.00221. The number of hydrogen-bond acceptors (Lipinski definition) is 3. The molecule has 0 spiro atoms. The van der Waals surface area contributed by atoms with E-state index in [4.69, 9.17) is 22.0 Å². The van der Waals surface area contributed by atoms with Crippen LogP contribution in [0, 0.1) is 11.3 Å². The molecule has 0 saturated carbocycles. The first-order valence-electron chi connectivity index (χ1n) is 3.97. The Morgan fingerprint density at radius 2 is 2.29 bits per heavy atom. The summed E-state index contributed by atoms with van der Waals surface area (Å²) in [6, 6.07) is 5.51. The molecule has 0 saturated heterocycles. The summed E-state index contributed by atoms with van der Waals surface area (Å²) in [5, 5.41) is 21.1. The van der Waals surface area contributed by atoms with E-state index in [1.54, 1.807) is 12.1 Å². The maximum atomic E-state index is 9.04. The van der Waals surface area contributed by atoms with Gasteiger partial charge in [0.2, 0.25) is 0 Å². The van der Waals surface area contributed by atoms with Gasteiger partial charge in [0.25, 0.3) is 0 Å². The van der Waals surface area contributed by atoms with E-state index in [1.807, 2.05) is 11.4 Å². The van der Waals surface area contributed by atoms with Crippen LogP contribution in [0.25, 0.3) is 10.1 Å². The minimum atomic E-state index is 0.00221. The fraction of sp³-hybridized carbons (Fsp3) is 0.100. The fourth-order valence-electron chi connectivity index (χ4n) is 1.31. The van der Waals surface area contributed by atoms with E-state index in [0.717, 1.165) is 15.6 Å². The Morgan fingerprint density at radius 1 is 1.50 bits per heavy atom. The van der Waals surface area contributed by atoms with Gasteiger partial charge in [0.1, 0.15) is 6.07 Å². The molecule has 0 unspecified atom stereocenters. The lowest BCUT2D eigenvalue weighted by Gasteiger charge is -1.97. The standard InChI is InChI=1S/C10H6ClNOS/c11-9-2-8-7(4-13)5-14-10(8)1-6(9)3-12/h1-2,5,13H,4H2. The molecule has 2 rings (SSSR count). The quantitative estimate of drug-likeness (QED) is 0.808. The van der Waals surface area contributed by atoms with E-state index in [-0.39, 0.29) is 6.61 Å². The van der Waals surface area contributed by atoms with E-state index in [0.29, 0.717) is 10.6 Å². The fourth-order valence-corrected chi connectivity index (χ4v) is 2.49. The number of nitrogens with zero attached hydrogens (tertiary/aromatic N) is 1. The number of thiophene rings is 1. The van der Waals surface area contributed by atoms with Crippen molar-refractivity contribution in [2.24, 2.45) is 0 Å². The number of rotatable bonds is 1. The van der Waals surface area contributed by atoms with Crippen LogP contribution in [0.2, 0.25) is 5.02 Å². The molecular weight excluding hydrogens is 218 g/mol. The van der Waals surface area contributed by atoms with Gasteiger partial charge in [-0.1, -0.05) is 11.6 Å². The molecule has 1 aromatic carbocycles. The van der Waals surface area contributed by atoms with Crippen molar-refractivity contribution in [1.29, 1.82) is 5.26 Å². The van der Waals surface area contributed by atoms with Gasteiger partial charge < -0.3 is 5.11 Å². The molecule has 0 aliphatic rings. The number of nitriles is 1. The normalized spacial score (nSPS) is 10.4. The molecule has 2 aromatic rings. The van der Waals surface area contributed by atoms with Crippen molar-refractivity contribution in [3.05, 3.63) is 33.7 Å². The summed E-state index contributed by atoms with van der Waals surface area (Å²) in [7, 11) is 0. The monoisotopic (exact) mass is 223 g/mol. The molecular formula is C10H6ClNOS. The molecule has 14 heavy (non-hydrogen) atoms. The van der Waals surface area contributed by atoms with Crippen LogP contribution >= 0.6 is 22.9 Å². The Labute approximate surface area is 90.0 Å². The highest BCUT2D eigenvalue weighted by Gasteiger charge is 2.07. The summed E-state index contributed by atoms with van der Waals surface area (Å²) in [5.41, 5.74) is 1.34. The van der Waals surface area contributed by atoms with Gasteiger partial charge in [0, 0.05) is 4.70 Å². The van der Waals surface area contributed by atoms with Gasteiger partial charge in [-0.2, -0.15) is 5.26 Å². The van der Waals surface area contributed by atoms with Gasteiger partial charge >= 0.3 is 0 Å². The van der Waals surface area contributed by atoms with Crippen LogP contribution in [0.15, 0.2) is 17.5 Å². The first kappa shape index (κ1) is 9.47. The van der Waals surface area contributed by atoms with Crippen LogP contribution < -0.4 is 0 Å². The summed E-state index contributed by atoms with van der Waals surface area (Å²) in [5.74, 6) is 0. The lowest BCUT2D eigenvalue weighted by molar-refractivity contribution is 0.284. The SMILES string of the molecule is N#Cc1cc2scc(CO)c2cc1Cl. The second-order valence-corrected chi connectivity index (χ2v) is 4.18. The Balaban J connectivity index is 2.77. The molecule has 2 nitrogen and oxygen atoms in total. The maximum Gasteiger partial charge on any atom is 0.101 e. The third-order valence-electron chi connectivity index (χ3n) is 2.03. The van der Waals surface area contributed by atoms with Crippen LogP contribution in [-0.2, 0) is 6.61 Å². The van der Waals surface area contributed by atoms with E-state index >= 15 is 0 Å². The van der Waals surface area contributed by atoms with Crippen LogP contribution in [0.4, 0.5) is 0 Å². The number of fused-ring (bicyclic) bond motifs is 1. The smallest absolute Gasteiger partial charge is 0.101 e. The number of hydrogen-bond donors (Lipinski definition) is 1. The topological polar surface area (TPSA) is 44.0 Å². The van der Waals surface area contributed by atoms with E-state index in [2.05, 4.69) is 0 Å². The molecule has 1 N–H and O–H groups in total. The van der Waals surface area contributed by atoms with E-state index < -0.39 is 0 Å². The predicted molar refractivity (Wildman–Crippen MR) is 57.5 cm³/mol. The molecule has 0 fully saturated rings. The van der Waals surface area contributed by atoms with Gasteiger partial charge in [-0.05, 0) is 28.5 Å². The van der Waals surface area contributed by atoms with Crippen molar-refractivity contribution in [1.82, 2.24) is 0 Å². The first-order chi connectivity index (χ1) is 6.76. The van der Waals surface area contributed by atoms with Crippen molar-refractivity contribution in [3.8, 4) is 6.07 Å². The van der Waals surface area contributed by atoms with Gasteiger partial charge in [0.15, 0.2) is 0 Å². The number of aliphatic hydroxyl groups is 1. The van der Waals surface area contributed by atoms with Crippen LogP contribution in [-0.4, -0.2) is 5.11 Å². The van der Waals surface area contributed by atoms with Crippen molar-refractivity contribution < 1.29 is 5.11 Å². The molecule has 0 amide bonds. The first-order valence-corrected chi connectivity index (χ1v) is 5.22. The van der Waals surface area contributed by atoms with Crippen molar-refractivity contribution in [2.75, 3.05) is 0 Å². The number of halogens is 1. The predicted octanol–water partition coefficient (Wildman–Crippen LogP) is 2.92. The molecule has 0 aliphatic carbocycles. The molecule has 0 bridgehead atoms. The summed E-state index contributed by atoms with van der Waals surface area (Å²) >= 11 is 7.40. The molecule has 70 valence electrons.